The molecule has 0 bridgehead atoms. The number of amides is 1. The lowest BCUT2D eigenvalue weighted by atomic mass is 10.1. The zero-order valence-corrected chi connectivity index (χ0v) is 16.6. The summed E-state index contributed by atoms with van der Waals surface area (Å²) in [5.74, 6) is -0.0917. The predicted octanol–water partition coefficient (Wildman–Crippen LogP) is 3.88. The highest BCUT2D eigenvalue weighted by molar-refractivity contribution is 7.90. The summed E-state index contributed by atoms with van der Waals surface area (Å²) in [5.41, 5.74) is 2.79. The van der Waals surface area contributed by atoms with E-state index in [1.807, 2.05) is 41.8 Å². The van der Waals surface area contributed by atoms with Gasteiger partial charge < -0.3 is 5.32 Å². The Morgan fingerprint density at radius 2 is 2.00 bits per heavy atom. The molecule has 28 heavy (non-hydrogen) atoms. The van der Waals surface area contributed by atoms with Crippen molar-refractivity contribution in [3.8, 4) is 11.3 Å². The van der Waals surface area contributed by atoms with Gasteiger partial charge in [0.15, 0.2) is 9.84 Å². The quantitative estimate of drug-likeness (QED) is 0.521. The number of rotatable bonds is 5. The Morgan fingerprint density at radius 1 is 1.14 bits per heavy atom. The van der Waals surface area contributed by atoms with Crippen LogP contribution < -0.4 is 5.32 Å². The summed E-state index contributed by atoms with van der Waals surface area (Å²) < 4.78 is 23.7. The van der Waals surface area contributed by atoms with Gasteiger partial charge in [-0.05, 0) is 41.8 Å². The number of aromatic amines is 1. The van der Waals surface area contributed by atoms with E-state index >= 15 is 0 Å². The van der Waals surface area contributed by atoms with Crippen molar-refractivity contribution in [1.82, 2.24) is 10.2 Å². The van der Waals surface area contributed by atoms with E-state index in [-0.39, 0.29) is 10.8 Å². The first-order valence-corrected chi connectivity index (χ1v) is 11.3. The highest BCUT2D eigenvalue weighted by atomic mass is 32.2. The maximum absolute atomic E-state index is 12.3. The zero-order chi connectivity index (χ0) is 19.7. The van der Waals surface area contributed by atoms with Crippen LogP contribution in [0.25, 0.3) is 22.2 Å². The van der Waals surface area contributed by atoms with Crippen molar-refractivity contribution < 1.29 is 13.2 Å². The smallest absolute Gasteiger partial charge is 0.229 e. The van der Waals surface area contributed by atoms with Crippen LogP contribution in [0.4, 0.5) is 5.69 Å². The SMILES string of the molecule is CS(=O)(=O)c1cccc(-c2n[nH]c3ccc(NC(=O)Cc4cccs4)cc23)c1. The van der Waals surface area contributed by atoms with Gasteiger partial charge in [0.2, 0.25) is 5.91 Å². The number of aromatic nitrogens is 2. The third kappa shape index (κ3) is 3.83. The number of fused-ring (bicyclic) bond motifs is 1. The molecule has 0 aliphatic rings. The average Bonchev–Trinajstić information content (AvgIpc) is 3.30. The fourth-order valence-electron chi connectivity index (χ4n) is 2.96. The third-order valence-electron chi connectivity index (χ3n) is 4.30. The van der Waals surface area contributed by atoms with Crippen molar-refractivity contribution >= 4 is 43.7 Å². The lowest BCUT2D eigenvalue weighted by molar-refractivity contribution is -0.115. The number of hydrogen-bond donors (Lipinski definition) is 2. The van der Waals surface area contributed by atoms with Crippen LogP contribution in [0.1, 0.15) is 4.88 Å². The number of benzene rings is 2. The normalized spacial score (nSPS) is 11.6. The molecule has 8 heteroatoms. The van der Waals surface area contributed by atoms with Gasteiger partial charge in [0.25, 0.3) is 0 Å². The maximum atomic E-state index is 12.3. The number of carbonyl (C=O) groups is 1. The Labute approximate surface area is 166 Å². The molecule has 2 N–H and O–H groups in total. The zero-order valence-electron chi connectivity index (χ0n) is 15.0. The van der Waals surface area contributed by atoms with Crippen molar-refractivity contribution in [1.29, 1.82) is 0 Å². The summed E-state index contributed by atoms with van der Waals surface area (Å²) in [5, 5.41) is 12.9. The molecule has 0 unspecified atom stereocenters. The van der Waals surface area contributed by atoms with Crippen LogP contribution >= 0.6 is 11.3 Å². The molecule has 142 valence electrons. The molecule has 0 spiro atoms. The number of H-pyrrole nitrogens is 1. The molecule has 0 radical (unpaired) electrons. The van der Waals surface area contributed by atoms with Gasteiger partial charge in [-0.2, -0.15) is 5.10 Å². The lowest BCUT2D eigenvalue weighted by Gasteiger charge is -2.06. The summed E-state index contributed by atoms with van der Waals surface area (Å²) in [7, 11) is -3.31. The van der Waals surface area contributed by atoms with Gasteiger partial charge in [-0.3, -0.25) is 9.89 Å². The largest absolute Gasteiger partial charge is 0.326 e. The Kier molecular flexibility index (Phi) is 4.74. The van der Waals surface area contributed by atoms with E-state index in [0.717, 1.165) is 15.8 Å². The highest BCUT2D eigenvalue weighted by Gasteiger charge is 2.13. The molecule has 0 aliphatic carbocycles. The van der Waals surface area contributed by atoms with Crippen LogP contribution in [0.15, 0.2) is 64.9 Å². The number of anilines is 1. The first-order valence-electron chi connectivity index (χ1n) is 8.51. The molecule has 0 saturated carbocycles. The van der Waals surface area contributed by atoms with Gasteiger partial charge in [-0.1, -0.05) is 18.2 Å². The van der Waals surface area contributed by atoms with E-state index in [1.165, 1.54) is 6.26 Å². The minimum Gasteiger partial charge on any atom is -0.326 e. The number of nitrogens with one attached hydrogen (secondary N) is 2. The molecule has 4 aromatic rings. The monoisotopic (exact) mass is 411 g/mol. The standard InChI is InChI=1S/C20H17N3O3S2/c1-28(25,26)16-6-2-4-13(10-16)20-17-11-14(7-8-18(17)22-23-20)21-19(24)12-15-5-3-9-27-15/h2-11H,12H2,1H3,(H,21,24)(H,22,23). The van der Waals surface area contributed by atoms with Gasteiger partial charge >= 0.3 is 0 Å². The van der Waals surface area contributed by atoms with Gasteiger partial charge in [0.1, 0.15) is 5.69 Å². The molecule has 2 aromatic carbocycles. The molecule has 4 rings (SSSR count). The number of hydrogen-bond acceptors (Lipinski definition) is 5. The summed E-state index contributed by atoms with van der Waals surface area (Å²) in [6, 6.07) is 16.0. The summed E-state index contributed by atoms with van der Waals surface area (Å²) in [4.78, 5) is 13.5. The van der Waals surface area contributed by atoms with E-state index in [9.17, 15) is 13.2 Å². The summed E-state index contributed by atoms with van der Waals surface area (Å²) in [6.45, 7) is 0. The van der Waals surface area contributed by atoms with E-state index in [2.05, 4.69) is 15.5 Å². The number of thiophene rings is 1. The van der Waals surface area contributed by atoms with Gasteiger partial charge in [-0.25, -0.2) is 8.42 Å². The first-order chi connectivity index (χ1) is 13.4. The van der Waals surface area contributed by atoms with Crippen LogP contribution in [0, 0.1) is 0 Å². The summed E-state index contributed by atoms with van der Waals surface area (Å²) in [6.07, 6.45) is 1.50. The molecule has 2 heterocycles. The van der Waals surface area contributed by atoms with Crippen LogP contribution in [-0.4, -0.2) is 30.8 Å². The molecule has 0 atom stereocenters. The van der Waals surface area contributed by atoms with Crippen LogP contribution in [-0.2, 0) is 21.1 Å². The van der Waals surface area contributed by atoms with Crippen molar-refractivity contribution in [2.45, 2.75) is 11.3 Å². The Hall–Kier alpha value is -2.97. The minimum atomic E-state index is -3.31. The molecule has 1 amide bonds. The fraction of sp³-hybridized carbons (Fsp3) is 0.100. The molecule has 0 saturated heterocycles. The van der Waals surface area contributed by atoms with E-state index in [4.69, 9.17) is 0 Å². The van der Waals surface area contributed by atoms with Gasteiger partial charge in [-0.15, -0.1) is 11.3 Å². The third-order valence-corrected chi connectivity index (χ3v) is 6.28. The number of carbonyl (C=O) groups excluding carboxylic acids is 1. The van der Waals surface area contributed by atoms with Gasteiger partial charge in [0.05, 0.1) is 16.8 Å². The molecular formula is C20H17N3O3S2. The van der Waals surface area contributed by atoms with Crippen LogP contribution in [0.3, 0.4) is 0 Å². The Balaban J connectivity index is 1.66. The maximum Gasteiger partial charge on any atom is 0.229 e. The second-order valence-electron chi connectivity index (χ2n) is 6.44. The van der Waals surface area contributed by atoms with Gasteiger partial charge in [0, 0.05) is 27.8 Å². The number of nitrogens with zero attached hydrogens (tertiary/aromatic N) is 1. The average molecular weight is 412 g/mol. The Bertz CT molecular complexity index is 1260. The van der Waals surface area contributed by atoms with Crippen LogP contribution in [0.2, 0.25) is 0 Å². The van der Waals surface area contributed by atoms with Crippen LogP contribution in [0.5, 0.6) is 0 Å². The molecule has 0 fully saturated rings. The van der Waals surface area contributed by atoms with Crippen molar-refractivity contribution in [3.05, 3.63) is 64.9 Å². The minimum absolute atomic E-state index is 0.0917. The van der Waals surface area contributed by atoms with E-state index in [0.29, 0.717) is 23.4 Å². The summed E-state index contributed by atoms with van der Waals surface area (Å²) >= 11 is 1.54. The van der Waals surface area contributed by atoms with E-state index in [1.54, 1.807) is 29.5 Å². The molecular weight excluding hydrogens is 394 g/mol. The van der Waals surface area contributed by atoms with E-state index < -0.39 is 9.84 Å². The first kappa shape index (κ1) is 18.4. The van der Waals surface area contributed by atoms with Crippen molar-refractivity contribution in [2.75, 3.05) is 11.6 Å². The predicted molar refractivity (Wildman–Crippen MR) is 111 cm³/mol. The number of sulfone groups is 1. The highest BCUT2D eigenvalue weighted by Crippen LogP contribution is 2.30. The van der Waals surface area contributed by atoms with Crippen molar-refractivity contribution in [2.24, 2.45) is 0 Å². The molecule has 0 aliphatic heterocycles. The molecule has 2 aromatic heterocycles. The van der Waals surface area contributed by atoms with Crippen molar-refractivity contribution in [3.63, 3.8) is 0 Å². The topological polar surface area (TPSA) is 91.9 Å². The lowest BCUT2D eigenvalue weighted by Crippen LogP contribution is -2.13. The molecule has 6 nitrogen and oxygen atoms in total. The Morgan fingerprint density at radius 3 is 2.75 bits per heavy atom. The second kappa shape index (κ2) is 7.21. The second-order valence-corrected chi connectivity index (χ2v) is 9.48. The fourth-order valence-corrected chi connectivity index (χ4v) is 4.33.